The molecule has 1 N–H and O–H groups in total. The first-order valence-electron chi connectivity index (χ1n) is 7.14. The van der Waals surface area contributed by atoms with Gasteiger partial charge in [-0.25, -0.2) is 4.98 Å². The number of anilines is 2. The molecule has 1 heterocycles. The van der Waals surface area contributed by atoms with E-state index in [2.05, 4.69) is 22.1 Å². The normalized spacial score (nSPS) is 22.3. The van der Waals surface area contributed by atoms with Crippen LogP contribution in [-0.2, 0) is 0 Å². The van der Waals surface area contributed by atoms with Crippen LogP contribution in [0, 0.1) is 5.92 Å². The molecule has 1 aliphatic rings. The van der Waals surface area contributed by atoms with Crippen molar-refractivity contribution in [3.05, 3.63) is 12.3 Å². The van der Waals surface area contributed by atoms with Crippen LogP contribution in [0.3, 0.4) is 0 Å². The van der Waals surface area contributed by atoms with Gasteiger partial charge in [-0.05, 0) is 24.8 Å². The zero-order chi connectivity index (χ0) is 13.8. The fraction of sp³-hybridized carbons (Fsp3) is 0.667. The molecule has 0 aromatic carbocycles. The maximum Gasteiger partial charge on any atom is 0.239 e. The smallest absolute Gasteiger partial charge is 0.239 e. The number of aromatic nitrogens is 1. The Morgan fingerprint density at radius 1 is 1.42 bits per heavy atom. The number of ether oxygens (including phenoxy) is 1. The lowest BCUT2D eigenvalue weighted by molar-refractivity contribution is 0.398. The first kappa shape index (κ1) is 14.0. The molecule has 0 bridgehead atoms. The van der Waals surface area contributed by atoms with E-state index in [4.69, 9.17) is 4.74 Å². The van der Waals surface area contributed by atoms with Crippen LogP contribution in [0.25, 0.3) is 0 Å². The Labute approximate surface area is 116 Å². The summed E-state index contributed by atoms with van der Waals surface area (Å²) in [6, 6.07) is 2.57. The number of hydrogen-bond acceptors (Lipinski definition) is 4. The quantitative estimate of drug-likeness (QED) is 0.885. The molecular weight excluding hydrogens is 238 g/mol. The molecule has 2 rings (SSSR count). The predicted octanol–water partition coefficient (Wildman–Crippen LogP) is 3.15. The first-order chi connectivity index (χ1) is 9.17. The van der Waals surface area contributed by atoms with E-state index in [1.54, 1.807) is 13.3 Å². The Balaban J connectivity index is 2.27. The summed E-state index contributed by atoms with van der Waals surface area (Å²) >= 11 is 0. The van der Waals surface area contributed by atoms with E-state index in [1.807, 2.05) is 20.2 Å². The maximum absolute atomic E-state index is 5.42. The Bertz CT molecular complexity index is 420. The Morgan fingerprint density at radius 2 is 2.21 bits per heavy atom. The molecule has 2 unspecified atom stereocenters. The summed E-state index contributed by atoms with van der Waals surface area (Å²) in [5, 5.41) is 3.68. The zero-order valence-corrected chi connectivity index (χ0v) is 12.4. The highest BCUT2D eigenvalue weighted by atomic mass is 16.5. The molecule has 19 heavy (non-hydrogen) atoms. The van der Waals surface area contributed by atoms with Gasteiger partial charge in [-0.1, -0.05) is 19.8 Å². The van der Waals surface area contributed by atoms with E-state index in [1.165, 1.54) is 25.7 Å². The lowest BCUT2D eigenvalue weighted by atomic mass is 10.0. The van der Waals surface area contributed by atoms with Crippen molar-refractivity contribution >= 4 is 11.4 Å². The summed E-state index contributed by atoms with van der Waals surface area (Å²) in [5.41, 5.74) is 2.16. The number of hydrogen-bond donors (Lipinski definition) is 1. The largest absolute Gasteiger partial charge is 0.479 e. The van der Waals surface area contributed by atoms with Crippen molar-refractivity contribution in [3.8, 4) is 5.88 Å². The molecule has 1 aromatic heterocycles. The molecular formula is C15H25N3O. The van der Waals surface area contributed by atoms with Crippen molar-refractivity contribution in [3.63, 3.8) is 0 Å². The Kier molecular flexibility index (Phi) is 4.51. The average molecular weight is 263 g/mol. The summed E-state index contributed by atoms with van der Waals surface area (Å²) in [7, 11) is 5.77. The lowest BCUT2D eigenvalue weighted by Crippen LogP contribution is -2.25. The molecule has 0 amide bonds. The molecule has 1 saturated carbocycles. The van der Waals surface area contributed by atoms with E-state index in [0.29, 0.717) is 11.9 Å². The molecule has 4 nitrogen and oxygen atoms in total. The van der Waals surface area contributed by atoms with Gasteiger partial charge in [-0.3, -0.25) is 0 Å². The molecule has 0 aliphatic heterocycles. The van der Waals surface area contributed by atoms with E-state index in [0.717, 1.165) is 17.3 Å². The molecule has 2 atom stereocenters. The minimum absolute atomic E-state index is 0.543. The molecule has 4 heteroatoms. The van der Waals surface area contributed by atoms with E-state index < -0.39 is 0 Å². The highest BCUT2D eigenvalue weighted by Crippen LogP contribution is 2.37. The summed E-state index contributed by atoms with van der Waals surface area (Å²) in [5.74, 6) is 1.45. The molecule has 0 spiro atoms. The van der Waals surface area contributed by atoms with Crippen LogP contribution in [0.2, 0.25) is 0 Å². The molecule has 1 aliphatic carbocycles. The molecule has 106 valence electrons. The van der Waals surface area contributed by atoms with Crippen LogP contribution in [0.15, 0.2) is 12.3 Å². The number of nitrogens with zero attached hydrogens (tertiary/aromatic N) is 2. The molecule has 0 radical (unpaired) electrons. The summed E-state index contributed by atoms with van der Waals surface area (Å²) in [6.45, 7) is 2.28. The number of pyridine rings is 1. The summed E-state index contributed by atoms with van der Waals surface area (Å²) in [4.78, 5) is 6.42. The van der Waals surface area contributed by atoms with E-state index in [9.17, 15) is 0 Å². The predicted molar refractivity (Wildman–Crippen MR) is 80.2 cm³/mol. The third kappa shape index (κ3) is 2.94. The van der Waals surface area contributed by atoms with Gasteiger partial charge < -0.3 is 15.0 Å². The standard InChI is InChI=1S/C15H25N3O/c1-5-11-7-6-8-12(11)17-14-13(18(2)3)9-10-16-15(14)19-4/h9-12,17H,5-8H2,1-4H3. The summed E-state index contributed by atoms with van der Waals surface area (Å²) in [6.07, 6.45) is 6.91. The minimum atomic E-state index is 0.543. The minimum Gasteiger partial charge on any atom is -0.479 e. The van der Waals surface area contributed by atoms with Crippen LogP contribution in [-0.4, -0.2) is 32.2 Å². The average Bonchev–Trinajstić information content (AvgIpc) is 2.86. The van der Waals surface area contributed by atoms with Gasteiger partial charge in [-0.15, -0.1) is 0 Å². The topological polar surface area (TPSA) is 37.4 Å². The van der Waals surface area contributed by atoms with Crippen molar-refractivity contribution in [2.75, 3.05) is 31.4 Å². The zero-order valence-electron chi connectivity index (χ0n) is 12.4. The Hall–Kier alpha value is -1.45. The van der Waals surface area contributed by atoms with Crippen LogP contribution in [0.4, 0.5) is 11.4 Å². The van der Waals surface area contributed by atoms with Crippen molar-refractivity contribution < 1.29 is 4.74 Å². The maximum atomic E-state index is 5.42. The third-order valence-electron chi connectivity index (χ3n) is 4.08. The second-order valence-electron chi connectivity index (χ2n) is 5.46. The van der Waals surface area contributed by atoms with Gasteiger partial charge in [0, 0.05) is 26.3 Å². The van der Waals surface area contributed by atoms with Gasteiger partial charge in [0.25, 0.3) is 0 Å². The Morgan fingerprint density at radius 3 is 2.84 bits per heavy atom. The van der Waals surface area contributed by atoms with Crippen molar-refractivity contribution in [1.82, 2.24) is 4.98 Å². The van der Waals surface area contributed by atoms with E-state index >= 15 is 0 Å². The first-order valence-corrected chi connectivity index (χ1v) is 7.14. The molecule has 1 fully saturated rings. The monoisotopic (exact) mass is 263 g/mol. The third-order valence-corrected chi connectivity index (χ3v) is 4.08. The van der Waals surface area contributed by atoms with Gasteiger partial charge in [0.1, 0.15) is 5.69 Å². The highest BCUT2D eigenvalue weighted by Gasteiger charge is 2.27. The van der Waals surface area contributed by atoms with Crippen LogP contribution in [0.5, 0.6) is 5.88 Å². The fourth-order valence-corrected chi connectivity index (χ4v) is 3.00. The van der Waals surface area contributed by atoms with Gasteiger partial charge in [0.05, 0.1) is 12.8 Å². The lowest BCUT2D eigenvalue weighted by Gasteiger charge is -2.25. The summed E-state index contributed by atoms with van der Waals surface area (Å²) < 4.78 is 5.42. The van der Waals surface area contributed by atoms with Crippen LogP contribution in [0.1, 0.15) is 32.6 Å². The number of nitrogens with one attached hydrogen (secondary N) is 1. The van der Waals surface area contributed by atoms with Gasteiger partial charge in [-0.2, -0.15) is 0 Å². The second-order valence-corrected chi connectivity index (χ2v) is 5.46. The molecule has 1 aromatic rings. The van der Waals surface area contributed by atoms with Crippen molar-refractivity contribution in [1.29, 1.82) is 0 Å². The van der Waals surface area contributed by atoms with Gasteiger partial charge in [0.2, 0.25) is 5.88 Å². The van der Waals surface area contributed by atoms with Crippen LogP contribution >= 0.6 is 0 Å². The van der Waals surface area contributed by atoms with Gasteiger partial charge in [0.15, 0.2) is 0 Å². The second kappa shape index (κ2) is 6.13. The molecule has 0 saturated heterocycles. The highest BCUT2D eigenvalue weighted by molar-refractivity contribution is 5.74. The van der Waals surface area contributed by atoms with E-state index in [-0.39, 0.29) is 0 Å². The number of methoxy groups -OCH3 is 1. The van der Waals surface area contributed by atoms with Gasteiger partial charge >= 0.3 is 0 Å². The van der Waals surface area contributed by atoms with Crippen LogP contribution < -0.4 is 15.0 Å². The fourth-order valence-electron chi connectivity index (χ4n) is 3.00. The number of rotatable bonds is 5. The van der Waals surface area contributed by atoms with Crippen molar-refractivity contribution in [2.45, 2.75) is 38.6 Å². The SMILES string of the molecule is CCC1CCCC1Nc1c(N(C)C)ccnc1OC. The van der Waals surface area contributed by atoms with Crippen molar-refractivity contribution in [2.24, 2.45) is 5.92 Å².